The highest BCUT2D eigenvalue weighted by Crippen LogP contribution is 2.18. The second kappa shape index (κ2) is 5.77. The molecule has 0 fully saturated rings. The minimum absolute atomic E-state index is 0.675. The lowest BCUT2D eigenvalue weighted by molar-refractivity contribution is 1.01. The molecule has 0 unspecified atom stereocenters. The molecule has 0 atom stereocenters. The Morgan fingerprint density at radius 1 is 1.27 bits per heavy atom. The van der Waals surface area contributed by atoms with Gasteiger partial charge in [-0.05, 0) is 20.1 Å². The largest absolute Gasteiger partial charge is 0.369 e. The van der Waals surface area contributed by atoms with Gasteiger partial charge in [0.05, 0.1) is 0 Å². The molecule has 5 nitrogen and oxygen atoms in total. The van der Waals surface area contributed by atoms with Gasteiger partial charge in [0.1, 0.15) is 17.5 Å². The maximum Gasteiger partial charge on any atom is 0.148 e. The van der Waals surface area contributed by atoms with Crippen LogP contribution in [-0.2, 0) is 0 Å². The van der Waals surface area contributed by atoms with Crippen molar-refractivity contribution in [2.75, 3.05) is 29.3 Å². The van der Waals surface area contributed by atoms with Crippen molar-refractivity contribution in [3.63, 3.8) is 0 Å². The van der Waals surface area contributed by atoms with Crippen LogP contribution < -0.4 is 16.6 Å². The van der Waals surface area contributed by atoms with Crippen molar-refractivity contribution in [3.05, 3.63) is 11.4 Å². The number of hydrogen-bond donors (Lipinski definition) is 3. The number of anilines is 2. The zero-order valence-corrected chi connectivity index (χ0v) is 10.1. The summed E-state index contributed by atoms with van der Waals surface area (Å²) >= 11 is 1.79. The number of nitrogens with two attached hydrogens (primary N) is 1. The maximum atomic E-state index is 5.37. The van der Waals surface area contributed by atoms with Crippen LogP contribution in [0.15, 0.2) is 0 Å². The van der Waals surface area contributed by atoms with E-state index in [1.807, 2.05) is 13.8 Å². The highest BCUT2D eigenvalue weighted by Gasteiger charge is 2.07. The van der Waals surface area contributed by atoms with Gasteiger partial charge in [0.15, 0.2) is 0 Å². The third-order valence-corrected chi connectivity index (χ3v) is 2.61. The van der Waals surface area contributed by atoms with Crippen molar-refractivity contribution in [2.24, 2.45) is 5.84 Å². The van der Waals surface area contributed by atoms with Crippen LogP contribution in [-0.4, -0.2) is 28.5 Å². The molecule has 0 saturated carbocycles. The predicted octanol–water partition coefficient (Wildman–Crippen LogP) is 1.15. The third-order valence-electron chi connectivity index (χ3n) is 1.99. The summed E-state index contributed by atoms with van der Waals surface area (Å²) in [5, 5.41) is 3.26. The van der Waals surface area contributed by atoms with Crippen LogP contribution >= 0.6 is 11.8 Å². The standard InChI is InChI=1S/C9H17N5S/c1-6-8(11-4-5-15-3)12-7(2)13-9(6)14-10/h4-5,10H2,1-3H3,(H2,11,12,13,14). The zero-order valence-electron chi connectivity index (χ0n) is 9.29. The first-order valence-corrected chi connectivity index (χ1v) is 6.13. The normalized spacial score (nSPS) is 10.1. The van der Waals surface area contributed by atoms with E-state index in [1.54, 1.807) is 11.8 Å². The Bertz CT molecular complexity index is 329. The van der Waals surface area contributed by atoms with Gasteiger partial charge in [0.25, 0.3) is 0 Å². The molecule has 0 aliphatic heterocycles. The molecule has 1 rings (SSSR count). The van der Waals surface area contributed by atoms with E-state index in [0.29, 0.717) is 11.6 Å². The smallest absolute Gasteiger partial charge is 0.148 e. The minimum atomic E-state index is 0.675. The lowest BCUT2D eigenvalue weighted by Gasteiger charge is -2.11. The molecule has 0 aromatic carbocycles. The first-order chi connectivity index (χ1) is 7.19. The van der Waals surface area contributed by atoms with Gasteiger partial charge in [-0.25, -0.2) is 15.8 Å². The first-order valence-electron chi connectivity index (χ1n) is 4.73. The molecule has 0 bridgehead atoms. The van der Waals surface area contributed by atoms with Gasteiger partial charge in [0, 0.05) is 17.9 Å². The molecule has 0 spiro atoms. The third kappa shape index (κ3) is 3.24. The Balaban J connectivity index is 2.81. The molecule has 4 N–H and O–H groups in total. The van der Waals surface area contributed by atoms with E-state index in [9.17, 15) is 0 Å². The van der Waals surface area contributed by atoms with Crippen LogP contribution in [0, 0.1) is 13.8 Å². The van der Waals surface area contributed by atoms with Gasteiger partial charge in [0.2, 0.25) is 0 Å². The summed E-state index contributed by atoms with van der Waals surface area (Å²) < 4.78 is 0. The topological polar surface area (TPSA) is 75.9 Å². The summed E-state index contributed by atoms with van der Waals surface area (Å²) in [6.07, 6.45) is 2.08. The van der Waals surface area contributed by atoms with Crippen LogP contribution in [0.1, 0.15) is 11.4 Å². The SMILES string of the molecule is CSCCNc1nc(C)nc(NN)c1C. The number of hydrazine groups is 1. The Morgan fingerprint density at radius 2 is 1.93 bits per heavy atom. The van der Waals surface area contributed by atoms with Crippen molar-refractivity contribution in [2.45, 2.75) is 13.8 Å². The number of thioether (sulfide) groups is 1. The van der Waals surface area contributed by atoms with E-state index in [-0.39, 0.29) is 0 Å². The lowest BCUT2D eigenvalue weighted by Crippen LogP contribution is -2.15. The highest BCUT2D eigenvalue weighted by atomic mass is 32.2. The van der Waals surface area contributed by atoms with Crippen molar-refractivity contribution in [1.82, 2.24) is 9.97 Å². The van der Waals surface area contributed by atoms with E-state index >= 15 is 0 Å². The summed E-state index contributed by atoms with van der Waals surface area (Å²) in [6.45, 7) is 4.68. The average Bonchev–Trinajstić information content (AvgIpc) is 2.23. The van der Waals surface area contributed by atoms with Gasteiger partial charge >= 0.3 is 0 Å². The molecule has 15 heavy (non-hydrogen) atoms. The molecule has 0 amide bonds. The maximum absolute atomic E-state index is 5.37. The molecule has 84 valence electrons. The summed E-state index contributed by atoms with van der Waals surface area (Å²) in [4.78, 5) is 8.51. The predicted molar refractivity (Wildman–Crippen MR) is 66.2 cm³/mol. The lowest BCUT2D eigenvalue weighted by atomic mass is 10.3. The van der Waals surface area contributed by atoms with Gasteiger partial charge in [-0.1, -0.05) is 0 Å². The van der Waals surface area contributed by atoms with Gasteiger partial charge in [-0.3, -0.25) is 0 Å². The fourth-order valence-electron chi connectivity index (χ4n) is 1.21. The molecule has 1 heterocycles. The quantitative estimate of drug-likeness (QED) is 0.398. The van der Waals surface area contributed by atoms with E-state index < -0.39 is 0 Å². The van der Waals surface area contributed by atoms with Crippen LogP contribution in [0.4, 0.5) is 11.6 Å². The first kappa shape index (κ1) is 12.1. The number of aromatic nitrogens is 2. The summed E-state index contributed by atoms with van der Waals surface area (Å²) in [6, 6.07) is 0. The number of nitrogens with one attached hydrogen (secondary N) is 2. The van der Waals surface area contributed by atoms with Gasteiger partial charge in [-0.2, -0.15) is 11.8 Å². The van der Waals surface area contributed by atoms with Crippen LogP contribution in [0.2, 0.25) is 0 Å². The number of hydrogen-bond acceptors (Lipinski definition) is 6. The van der Waals surface area contributed by atoms with E-state index in [4.69, 9.17) is 5.84 Å². The molecule has 6 heteroatoms. The van der Waals surface area contributed by atoms with Gasteiger partial charge in [-0.15, -0.1) is 0 Å². The molecular weight excluding hydrogens is 210 g/mol. The molecule has 1 aromatic rings. The fraction of sp³-hybridized carbons (Fsp3) is 0.556. The van der Waals surface area contributed by atoms with Crippen molar-refractivity contribution < 1.29 is 0 Å². The van der Waals surface area contributed by atoms with Crippen LogP contribution in [0.25, 0.3) is 0 Å². The molecule has 0 aliphatic rings. The van der Waals surface area contributed by atoms with Crippen molar-refractivity contribution in [1.29, 1.82) is 0 Å². The van der Waals surface area contributed by atoms with Crippen LogP contribution in [0.5, 0.6) is 0 Å². The fourth-order valence-corrected chi connectivity index (χ4v) is 1.52. The summed E-state index contributed by atoms with van der Waals surface area (Å²) in [7, 11) is 0. The number of nitrogens with zero attached hydrogens (tertiary/aromatic N) is 2. The molecular formula is C9H17N5S. The average molecular weight is 227 g/mol. The van der Waals surface area contributed by atoms with Crippen molar-refractivity contribution >= 4 is 23.4 Å². The van der Waals surface area contributed by atoms with E-state index in [1.165, 1.54) is 0 Å². The highest BCUT2D eigenvalue weighted by molar-refractivity contribution is 7.98. The Morgan fingerprint density at radius 3 is 2.53 bits per heavy atom. The molecule has 0 radical (unpaired) electrons. The zero-order chi connectivity index (χ0) is 11.3. The Kier molecular flexibility index (Phi) is 4.64. The number of rotatable bonds is 5. The second-order valence-corrected chi connectivity index (χ2v) is 4.14. The molecule has 0 aliphatic carbocycles. The van der Waals surface area contributed by atoms with E-state index in [0.717, 1.165) is 23.7 Å². The molecule has 0 saturated heterocycles. The number of aryl methyl sites for hydroxylation is 1. The second-order valence-electron chi connectivity index (χ2n) is 3.16. The molecule has 1 aromatic heterocycles. The Hall–Kier alpha value is -1.01. The summed E-state index contributed by atoms with van der Waals surface area (Å²) in [5.74, 6) is 8.66. The van der Waals surface area contributed by atoms with Crippen LogP contribution in [0.3, 0.4) is 0 Å². The van der Waals surface area contributed by atoms with E-state index in [2.05, 4.69) is 27.0 Å². The van der Waals surface area contributed by atoms with Gasteiger partial charge < -0.3 is 10.7 Å². The Labute approximate surface area is 94.2 Å². The minimum Gasteiger partial charge on any atom is -0.369 e. The van der Waals surface area contributed by atoms with Crippen molar-refractivity contribution in [3.8, 4) is 0 Å². The monoisotopic (exact) mass is 227 g/mol. The number of nitrogen functional groups attached to an aromatic ring is 1. The summed E-state index contributed by atoms with van der Waals surface area (Å²) in [5.41, 5.74) is 3.52.